The molecule has 3 heteroatoms. The zero-order chi connectivity index (χ0) is 12.9. The lowest BCUT2D eigenvalue weighted by atomic mass is 9.82. The van der Waals surface area contributed by atoms with Gasteiger partial charge in [0.25, 0.3) is 0 Å². The van der Waals surface area contributed by atoms with Crippen molar-refractivity contribution in [1.82, 2.24) is 4.90 Å². The molecule has 102 valence electrons. The third kappa shape index (κ3) is 4.94. The van der Waals surface area contributed by atoms with E-state index in [0.29, 0.717) is 0 Å². The predicted molar refractivity (Wildman–Crippen MR) is 70.9 cm³/mol. The van der Waals surface area contributed by atoms with E-state index in [-0.39, 0.29) is 18.6 Å². The van der Waals surface area contributed by atoms with Gasteiger partial charge in [-0.25, -0.2) is 0 Å². The summed E-state index contributed by atoms with van der Waals surface area (Å²) < 4.78 is 0. The van der Waals surface area contributed by atoms with Crippen LogP contribution in [0.2, 0.25) is 0 Å². The number of aliphatic hydroxyl groups is 2. The monoisotopic (exact) mass is 243 g/mol. The van der Waals surface area contributed by atoms with Crippen molar-refractivity contribution in [3.8, 4) is 0 Å². The number of hydrogen-bond acceptors (Lipinski definition) is 3. The van der Waals surface area contributed by atoms with Crippen molar-refractivity contribution in [2.24, 2.45) is 17.3 Å². The third-order valence-electron chi connectivity index (χ3n) is 4.03. The fourth-order valence-corrected chi connectivity index (χ4v) is 3.03. The van der Waals surface area contributed by atoms with Crippen LogP contribution in [-0.2, 0) is 0 Å². The Kier molecular flexibility index (Phi) is 5.90. The second-order valence-corrected chi connectivity index (χ2v) is 6.46. The fraction of sp³-hybridized carbons (Fsp3) is 1.00. The van der Waals surface area contributed by atoms with E-state index in [4.69, 9.17) is 0 Å². The van der Waals surface area contributed by atoms with E-state index in [1.165, 1.54) is 25.7 Å². The summed E-state index contributed by atoms with van der Waals surface area (Å²) >= 11 is 0. The van der Waals surface area contributed by atoms with Crippen LogP contribution in [0.5, 0.6) is 0 Å². The highest BCUT2D eigenvalue weighted by Gasteiger charge is 2.26. The summed E-state index contributed by atoms with van der Waals surface area (Å²) in [6.07, 6.45) is 5.41. The molecular formula is C14H29NO2. The molecule has 0 spiro atoms. The first-order valence-corrected chi connectivity index (χ1v) is 6.89. The van der Waals surface area contributed by atoms with E-state index in [0.717, 1.165) is 24.9 Å². The maximum atomic E-state index is 9.30. The first-order valence-electron chi connectivity index (χ1n) is 6.89. The predicted octanol–water partition coefficient (Wildman–Crippen LogP) is 1.74. The Labute approximate surface area is 106 Å². The van der Waals surface area contributed by atoms with Gasteiger partial charge in [0.15, 0.2) is 0 Å². The van der Waals surface area contributed by atoms with Crippen LogP contribution >= 0.6 is 0 Å². The molecule has 0 radical (unpaired) electrons. The van der Waals surface area contributed by atoms with Gasteiger partial charge >= 0.3 is 0 Å². The van der Waals surface area contributed by atoms with Gasteiger partial charge in [0.05, 0.1) is 13.2 Å². The van der Waals surface area contributed by atoms with Crippen LogP contribution in [0.4, 0.5) is 0 Å². The molecule has 2 atom stereocenters. The molecule has 3 nitrogen and oxygen atoms in total. The van der Waals surface area contributed by atoms with Crippen LogP contribution in [0, 0.1) is 17.3 Å². The van der Waals surface area contributed by atoms with Crippen LogP contribution in [0.3, 0.4) is 0 Å². The lowest BCUT2D eigenvalue weighted by Crippen LogP contribution is -2.41. The Hall–Kier alpha value is -0.120. The Morgan fingerprint density at radius 1 is 1.24 bits per heavy atom. The number of aliphatic hydroxyl groups excluding tert-OH is 2. The van der Waals surface area contributed by atoms with E-state index in [1.54, 1.807) is 0 Å². The number of nitrogens with zero attached hydrogens (tertiary/aromatic N) is 1. The molecule has 1 aliphatic rings. The molecule has 0 bridgehead atoms. The number of hydrogen-bond donors (Lipinski definition) is 2. The zero-order valence-corrected chi connectivity index (χ0v) is 11.7. The largest absolute Gasteiger partial charge is 0.396 e. The average Bonchev–Trinajstić information content (AvgIpc) is 2.28. The van der Waals surface area contributed by atoms with Crippen molar-refractivity contribution in [3.05, 3.63) is 0 Å². The minimum Gasteiger partial charge on any atom is -0.396 e. The molecule has 1 aliphatic carbocycles. The SMILES string of the molecule is CC1CCCC(CN(C)CC(C)(CO)CO)C1. The highest BCUT2D eigenvalue weighted by Crippen LogP contribution is 2.29. The molecule has 1 rings (SSSR count). The van der Waals surface area contributed by atoms with E-state index in [2.05, 4.69) is 18.9 Å². The molecule has 0 heterocycles. The molecule has 17 heavy (non-hydrogen) atoms. The lowest BCUT2D eigenvalue weighted by molar-refractivity contribution is 0.0357. The van der Waals surface area contributed by atoms with Crippen LogP contribution in [0.25, 0.3) is 0 Å². The molecule has 1 fully saturated rings. The lowest BCUT2D eigenvalue weighted by Gasteiger charge is -2.34. The molecular weight excluding hydrogens is 214 g/mol. The van der Waals surface area contributed by atoms with Gasteiger partial charge in [0.1, 0.15) is 0 Å². The summed E-state index contributed by atoms with van der Waals surface area (Å²) in [5.41, 5.74) is -0.366. The zero-order valence-electron chi connectivity index (χ0n) is 11.7. The summed E-state index contributed by atoms with van der Waals surface area (Å²) in [5, 5.41) is 18.6. The maximum Gasteiger partial charge on any atom is 0.0519 e. The standard InChI is InChI=1S/C14H29NO2/c1-12-5-4-6-13(7-12)8-15(3)9-14(2,10-16)11-17/h12-13,16-17H,4-11H2,1-3H3. The van der Waals surface area contributed by atoms with Crippen LogP contribution in [0.1, 0.15) is 39.5 Å². The van der Waals surface area contributed by atoms with Gasteiger partial charge in [-0.15, -0.1) is 0 Å². The second-order valence-electron chi connectivity index (χ2n) is 6.46. The minimum absolute atomic E-state index is 0.0505. The molecule has 0 aromatic heterocycles. The highest BCUT2D eigenvalue weighted by atomic mass is 16.3. The Balaban J connectivity index is 2.35. The molecule has 0 saturated heterocycles. The minimum atomic E-state index is -0.366. The van der Waals surface area contributed by atoms with Crippen molar-refractivity contribution in [1.29, 1.82) is 0 Å². The van der Waals surface area contributed by atoms with Gasteiger partial charge in [-0.05, 0) is 31.7 Å². The Morgan fingerprint density at radius 2 is 1.88 bits per heavy atom. The third-order valence-corrected chi connectivity index (χ3v) is 4.03. The van der Waals surface area contributed by atoms with Crippen LogP contribution < -0.4 is 0 Å². The van der Waals surface area contributed by atoms with Crippen LogP contribution in [0.15, 0.2) is 0 Å². The molecule has 0 aromatic carbocycles. The quantitative estimate of drug-likeness (QED) is 0.747. The maximum absolute atomic E-state index is 9.30. The van der Waals surface area contributed by atoms with Gasteiger partial charge in [0.2, 0.25) is 0 Å². The van der Waals surface area contributed by atoms with Crippen molar-refractivity contribution in [2.45, 2.75) is 39.5 Å². The number of rotatable bonds is 6. The first kappa shape index (κ1) is 14.9. The van der Waals surface area contributed by atoms with Gasteiger partial charge < -0.3 is 15.1 Å². The van der Waals surface area contributed by atoms with Crippen molar-refractivity contribution >= 4 is 0 Å². The normalized spacial score (nSPS) is 26.5. The summed E-state index contributed by atoms with van der Waals surface area (Å²) in [4.78, 5) is 2.27. The van der Waals surface area contributed by atoms with E-state index in [1.807, 2.05) is 6.92 Å². The highest BCUT2D eigenvalue weighted by molar-refractivity contribution is 4.78. The van der Waals surface area contributed by atoms with E-state index in [9.17, 15) is 10.2 Å². The van der Waals surface area contributed by atoms with Gasteiger partial charge in [-0.1, -0.05) is 26.7 Å². The summed E-state index contributed by atoms with van der Waals surface area (Å²) in [6.45, 7) is 6.25. The smallest absolute Gasteiger partial charge is 0.0519 e. The van der Waals surface area contributed by atoms with Gasteiger partial charge in [0, 0.05) is 18.5 Å². The summed E-state index contributed by atoms with van der Waals surface area (Å²) in [7, 11) is 2.10. The topological polar surface area (TPSA) is 43.7 Å². The second kappa shape index (κ2) is 6.72. The molecule has 2 unspecified atom stereocenters. The summed E-state index contributed by atoms with van der Waals surface area (Å²) in [6, 6.07) is 0. The van der Waals surface area contributed by atoms with Crippen molar-refractivity contribution in [3.63, 3.8) is 0 Å². The van der Waals surface area contributed by atoms with E-state index >= 15 is 0 Å². The average molecular weight is 243 g/mol. The molecule has 0 amide bonds. The summed E-state index contributed by atoms with van der Waals surface area (Å²) in [5.74, 6) is 1.66. The Morgan fingerprint density at radius 3 is 2.41 bits per heavy atom. The molecule has 2 N–H and O–H groups in total. The van der Waals surface area contributed by atoms with E-state index < -0.39 is 0 Å². The molecule has 0 aromatic rings. The molecule has 0 aliphatic heterocycles. The van der Waals surface area contributed by atoms with Crippen molar-refractivity contribution in [2.75, 3.05) is 33.4 Å². The first-order chi connectivity index (χ1) is 7.99. The Bertz CT molecular complexity index is 216. The van der Waals surface area contributed by atoms with Gasteiger partial charge in [-0.2, -0.15) is 0 Å². The molecule has 1 saturated carbocycles. The van der Waals surface area contributed by atoms with Crippen molar-refractivity contribution < 1.29 is 10.2 Å². The van der Waals surface area contributed by atoms with Crippen LogP contribution in [-0.4, -0.2) is 48.5 Å². The van der Waals surface area contributed by atoms with Gasteiger partial charge in [-0.3, -0.25) is 0 Å². The fourth-order valence-electron chi connectivity index (χ4n) is 3.03.